The zero-order valence-corrected chi connectivity index (χ0v) is 13.2. The van der Waals surface area contributed by atoms with Gasteiger partial charge in [-0.3, -0.25) is 4.90 Å². The van der Waals surface area contributed by atoms with Crippen molar-refractivity contribution >= 4 is 0 Å². The van der Waals surface area contributed by atoms with Crippen LogP contribution in [-0.4, -0.2) is 24.1 Å². The summed E-state index contributed by atoms with van der Waals surface area (Å²) >= 11 is 0. The summed E-state index contributed by atoms with van der Waals surface area (Å²) in [6.45, 7) is 7.06. The first-order chi connectivity index (χ1) is 10.7. The molecule has 2 nitrogen and oxygen atoms in total. The van der Waals surface area contributed by atoms with Gasteiger partial charge in [-0.2, -0.15) is 0 Å². The maximum absolute atomic E-state index is 13.4. The van der Waals surface area contributed by atoms with E-state index in [-0.39, 0.29) is 5.82 Å². The Morgan fingerprint density at radius 1 is 1.18 bits per heavy atom. The van der Waals surface area contributed by atoms with Gasteiger partial charge in [0.05, 0.1) is 0 Å². The van der Waals surface area contributed by atoms with Gasteiger partial charge in [0.25, 0.3) is 0 Å². The van der Waals surface area contributed by atoms with Crippen molar-refractivity contribution in [1.29, 1.82) is 0 Å². The van der Waals surface area contributed by atoms with Gasteiger partial charge in [0, 0.05) is 18.2 Å². The van der Waals surface area contributed by atoms with Crippen molar-refractivity contribution in [1.82, 2.24) is 4.90 Å². The molecule has 0 bridgehead atoms. The van der Waals surface area contributed by atoms with Crippen molar-refractivity contribution in [3.8, 4) is 16.9 Å². The molecule has 0 unspecified atom stereocenters. The number of hydrogen-bond donors (Lipinski definition) is 0. The highest BCUT2D eigenvalue weighted by atomic mass is 19.1. The molecule has 0 fully saturated rings. The van der Waals surface area contributed by atoms with Gasteiger partial charge in [-0.05, 0) is 55.3 Å². The molecule has 1 atom stereocenters. The summed E-state index contributed by atoms with van der Waals surface area (Å²) in [7, 11) is 0. The van der Waals surface area contributed by atoms with Crippen molar-refractivity contribution in [2.24, 2.45) is 0 Å². The van der Waals surface area contributed by atoms with E-state index < -0.39 is 0 Å². The summed E-state index contributed by atoms with van der Waals surface area (Å²) in [6.07, 6.45) is 1.13. The zero-order valence-electron chi connectivity index (χ0n) is 13.2. The van der Waals surface area contributed by atoms with Crippen LogP contribution < -0.4 is 4.74 Å². The van der Waals surface area contributed by atoms with Crippen LogP contribution in [0.2, 0.25) is 0 Å². The Bertz CT molecular complexity index is 656. The molecule has 0 aliphatic carbocycles. The van der Waals surface area contributed by atoms with Gasteiger partial charge in [-0.15, -0.1) is 0 Å². The molecule has 3 heteroatoms. The van der Waals surface area contributed by atoms with Gasteiger partial charge in [-0.1, -0.05) is 25.1 Å². The summed E-state index contributed by atoms with van der Waals surface area (Å²) in [4.78, 5) is 2.45. The van der Waals surface area contributed by atoms with E-state index in [1.54, 1.807) is 12.1 Å². The quantitative estimate of drug-likeness (QED) is 0.828. The highest BCUT2D eigenvalue weighted by Crippen LogP contribution is 2.30. The van der Waals surface area contributed by atoms with Crippen molar-refractivity contribution in [2.45, 2.75) is 32.9 Å². The largest absolute Gasteiger partial charge is 0.492 e. The molecule has 1 aliphatic heterocycles. The van der Waals surface area contributed by atoms with Crippen LogP contribution in [0.3, 0.4) is 0 Å². The minimum atomic E-state index is -0.204. The molecule has 0 aromatic heterocycles. The maximum Gasteiger partial charge on any atom is 0.123 e. The average molecular weight is 299 g/mol. The van der Waals surface area contributed by atoms with Crippen LogP contribution in [0.4, 0.5) is 4.39 Å². The zero-order chi connectivity index (χ0) is 15.5. The second-order valence-corrected chi connectivity index (χ2v) is 5.96. The molecule has 22 heavy (non-hydrogen) atoms. The normalized spacial score (nSPS) is 18.4. The fourth-order valence-electron chi connectivity index (χ4n) is 2.97. The van der Waals surface area contributed by atoms with Gasteiger partial charge < -0.3 is 4.74 Å². The smallest absolute Gasteiger partial charge is 0.123 e. The maximum atomic E-state index is 13.4. The summed E-state index contributed by atoms with van der Waals surface area (Å²) in [5, 5.41) is 0. The molecular weight excluding hydrogens is 277 g/mol. The van der Waals surface area contributed by atoms with E-state index in [9.17, 15) is 4.39 Å². The Hall–Kier alpha value is -1.87. The molecule has 0 radical (unpaired) electrons. The third-order valence-corrected chi connectivity index (χ3v) is 4.21. The fraction of sp³-hybridized carbons (Fsp3) is 0.368. The Kier molecular flexibility index (Phi) is 4.44. The molecule has 0 N–H and O–H groups in total. The number of rotatable bonds is 3. The summed E-state index contributed by atoms with van der Waals surface area (Å²) in [5.41, 5.74) is 3.12. The lowest BCUT2D eigenvalue weighted by molar-refractivity contribution is 0.158. The van der Waals surface area contributed by atoms with E-state index in [0.29, 0.717) is 12.6 Å². The number of hydrogen-bond acceptors (Lipinski definition) is 2. The van der Waals surface area contributed by atoms with Crippen LogP contribution in [0.5, 0.6) is 5.75 Å². The first kappa shape index (κ1) is 15.0. The Balaban J connectivity index is 1.94. The summed E-state index contributed by atoms with van der Waals surface area (Å²) in [5.74, 6) is 0.746. The minimum absolute atomic E-state index is 0.204. The SMILES string of the molecule is CCCN1Cc2cc(-c3cccc(F)c3)ccc2OC[C@@H]1C. The first-order valence-electron chi connectivity index (χ1n) is 7.93. The molecule has 116 valence electrons. The standard InChI is InChI=1S/C19H22FNO/c1-3-9-21-12-17-10-16(15-5-4-6-18(20)11-15)7-8-19(17)22-13-14(21)2/h4-8,10-11,14H,3,9,12-13H2,1-2H3/t14-/m0/s1. The lowest BCUT2D eigenvalue weighted by atomic mass is 10.0. The number of halogens is 1. The molecule has 0 spiro atoms. The molecule has 0 saturated carbocycles. The number of fused-ring (bicyclic) bond motifs is 1. The summed E-state index contributed by atoms with van der Waals surface area (Å²) in [6, 6.07) is 13.3. The van der Waals surface area contributed by atoms with Gasteiger partial charge in [0.15, 0.2) is 0 Å². The first-order valence-corrected chi connectivity index (χ1v) is 7.93. The third kappa shape index (κ3) is 3.14. The lowest BCUT2D eigenvalue weighted by Gasteiger charge is -2.25. The Morgan fingerprint density at radius 2 is 2.00 bits per heavy atom. The van der Waals surface area contributed by atoms with E-state index >= 15 is 0 Å². The molecule has 2 aromatic rings. The van der Waals surface area contributed by atoms with E-state index in [2.05, 4.69) is 24.8 Å². The van der Waals surface area contributed by atoms with Crippen molar-refractivity contribution < 1.29 is 9.13 Å². The van der Waals surface area contributed by atoms with Crippen molar-refractivity contribution in [2.75, 3.05) is 13.2 Å². The van der Waals surface area contributed by atoms with Crippen LogP contribution in [0.25, 0.3) is 11.1 Å². The topological polar surface area (TPSA) is 12.5 Å². The van der Waals surface area contributed by atoms with Crippen LogP contribution in [-0.2, 0) is 6.54 Å². The predicted molar refractivity (Wildman–Crippen MR) is 87.5 cm³/mol. The van der Waals surface area contributed by atoms with E-state index in [1.165, 1.54) is 11.6 Å². The molecule has 2 aromatic carbocycles. The van der Waals surface area contributed by atoms with E-state index in [4.69, 9.17) is 4.74 Å². The molecular formula is C19H22FNO. The monoisotopic (exact) mass is 299 g/mol. The molecule has 0 amide bonds. The van der Waals surface area contributed by atoms with Crippen molar-refractivity contribution in [3.05, 3.63) is 53.8 Å². The van der Waals surface area contributed by atoms with Crippen LogP contribution in [0.15, 0.2) is 42.5 Å². The van der Waals surface area contributed by atoms with Crippen LogP contribution in [0.1, 0.15) is 25.8 Å². The fourth-order valence-corrected chi connectivity index (χ4v) is 2.97. The second-order valence-electron chi connectivity index (χ2n) is 5.96. The number of nitrogens with zero attached hydrogens (tertiary/aromatic N) is 1. The Labute approximate surface area is 131 Å². The van der Waals surface area contributed by atoms with Crippen LogP contribution in [0, 0.1) is 5.82 Å². The minimum Gasteiger partial charge on any atom is -0.492 e. The average Bonchev–Trinajstić information content (AvgIpc) is 2.67. The second kappa shape index (κ2) is 6.49. The number of benzene rings is 2. The third-order valence-electron chi connectivity index (χ3n) is 4.21. The number of ether oxygens (including phenoxy) is 1. The van der Waals surface area contributed by atoms with Gasteiger partial charge in [0.1, 0.15) is 18.2 Å². The Morgan fingerprint density at radius 3 is 2.77 bits per heavy atom. The van der Waals surface area contributed by atoms with E-state index in [0.717, 1.165) is 36.4 Å². The van der Waals surface area contributed by atoms with Gasteiger partial charge in [0.2, 0.25) is 0 Å². The van der Waals surface area contributed by atoms with Crippen LogP contribution >= 0.6 is 0 Å². The lowest BCUT2D eigenvalue weighted by Crippen LogP contribution is -2.35. The van der Waals surface area contributed by atoms with Gasteiger partial charge >= 0.3 is 0 Å². The predicted octanol–water partition coefficient (Wildman–Crippen LogP) is 4.49. The molecule has 3 rings (SSSR count). The molecule has 0 saturated heterocycles. The van der Waals surface area contributed by atoms with E-state index in [1.807, 2.05) is 18.2 Å². The molecule has 1 aliphatic rings. The highest BCUT2D eigenvalue weighted by molar-refractivity contribution is 5.65. The van der Waals surface area contributed by atoms with Crippen molar-refractivity contribution in [3.63, 3.8) is 0 Å². The molecule has 1 heterocycles. The highest BCUT2D eigenvalue weighted by Gasteiger charge is 2.21. The summed E-state index contributed by atoms with van der Waals surface area (Å²) < 4.78 is 19.4. The van der Waals surface area contributed by atoms with Gasteiger partial charge in [-0.25, -0.2) is 4.39 Å².